The van der Waals surface area contributed by atoms with Crippen molar-refractivity contribution in [2.75, 3.05) is 0 Å². The fraction of sp³-hybridized carbons (Fsp3) is 0.857. The Morgan fingerprint density at radius 2 is 0.913 bits per heavy atom. The molecule has 1 aliphatic carbocycles. The molecule has 1 aliphatic rings. The van der Waals surface area contributed by atoms with E-state index in [9.17, 15) is 9.90 Å². The lowest BCUT2D eigenvalue weighted by Crippen LogP contribution is -2.01. The van der Waals surface area contributed by atoms with E-state index in [1.165, 1.54) is 83.5 Å². The van der Waals surface area contributed by atoms with E-state index in [0.717, 1.165) is 25.7 Å². The minimum atomic E-state index is -0.0594. The average Bonchev–Trinajstić information content (AvgIpc) is 2.55. The average molecular weight is 323 g/mol. The first kappa shape index (κ1) is 20.3. The summed E-state index contributed by atoms with van der Waals surface area (Å²) < 4.78 is 0. The van der Waals surface area contributed by atoms with Crippen molar-refractivity contribution in [1.82, 2.24) is 0 Å². The Balaban J connectivity index is 2.24. The van der Waals surface area contributed by atoms with Gasteiger partial charge in [-0.05, 0) is 25.3 Å². The largest absolute Gasteiger partial charge is 0.505 e. The van der Waals surface area contributed by atoms with Crippen molar-refractivity contribution in [3.05, 3.63) is 11.8 Å². The summed E-state index contributed by atoms with van der Waals surface area (Å²) >= 11 is 0. The maximum absolute atomic E-state index is 11.8. The van der Waals surface area contributed by atoms with Crippen molar-refractivity contribution in [3.8, 4) is 0 Å². The molecule has 0 aromatic carbocycles. The molecule has 2 heteroatoms. The number of rotatable bonds is 0. The van der Waals surface area contributed by atoms with Crippen LogP contribution in [0.1, 0.15) is 116 Å². The molecule has 0 saturated carbocycles. The molecule has 1 N–H and O–H groups in total. The SMILES string of the molecule is O=C1CCCCCCCCCCCCCCCCCC/C=C/1O. The number of Topliss-reactive ketones (excluding diaryl/α,β-unsaturated/α-hetero) is 1. The van der Waals surface area contributed by atoms with Crippen LogP contribution in [0.25, 0.3) is 0 Å². The predicted molar refractivity (Wildman–Crippen MR) is 98.8 cm³/mol. The van der Waals surface area contributed by atoms with Gasteiger partial charge in [0.05, 0.1) is 0 Å². The highest BCUT2D eigenvalue weighted by Gasteiger charge is 2.06. The lowest BCUT2D eigenvalue weighted by atomic mass is 10.0. The van der Waals surface area contributed by atoms with E-state index in [0.29, 0.717) is 6.42 Å². The van der Waals surface area contributed by atoms with E-state index in [2.05, 4.69) is 0 Å². The summed E-state index contributed by atoms with van der Waals surface area (Å²) in [6.45, 7) is 0. The second-order valence-electron chi connectivity index (χ2n) is 7.21. The van der Waals surface area contributed by atoms with Gasteiger partial charge in [-0.1, -0.05) is 89.9 Å². The highest BCUT2D eigenvalue weighted by atomic mass is 16.3. The number of hydrogen-bond acceptors (Lipinski definition) is 2. The Labute approximate surface area is 143 Å². The highest BCUT2D eigenvalue weighted by molar-refractivity contribution is 5.92. The first-order chi connectivity index (χ1) is 11.3. The third-order valence-electron chi connectivity index (χ3n) is 4.98. The quantitative estimate of drug-likeness (QED) is 0.519. The molecule has 134 valence electrons. The molecule has 0 aromatic rings. The summed E-state index contributed by atoms with van der Waals surface area (Å²) in [6, 6.07) is 0. The molecule has 0 aromatic heterocycles. The van der Waals surface area contributed by atoms with E-state index in [1.807, 2.05) is 0 Å². The second kappa shape index (κ2) is 14.8. The fourth-order valence-corrected chi connectivity index (χ4v) is 3.39. The lowest BCUT2D eigenvalue weighted by Gasteiger charge is -2.03. The Morgan fingerprint density at radius 3 is 1.35 bits per heavy atom. The molecular weight excluding hydrogens is 284 g/mol. The molecular formula is C21H38O2. The zero-order valence-corrected chi connectivity index (χ0v) is 15.2. The van der Waals surface area contributed by atoms with Crippen molar-refractivity contribution in [1.29, 1.82) is 0 Å². The van der Waals surface area contributed by atoms with Crippen molar-refractivity contribution < 1.29 is 9.90 Å². The predicted octanol–water partition coefficient (Wildman–Crippen LogP) is 7.03. The Hall–Kier alpha value is -0.790. The lowest BCUT2D eigenvalue weighted by molar-refractivity contribution is -0.118. The minimum Gasteiger partial charge on any atom is -0.505 e. The van der Waals surface area contributed by atoms with Crippen LogP contribution in [0.4, 0.5) is 0 Å². The molecule has 2 nitrogen and oxygen atoms in total. The third kappa shape index (κ3) is 12.3. The molecule has 0 unspecified atom stereocenters. The monoisotopic (exact) mass is 322 g/mol. The van der Waals surface area contributed by atoms with Crippen LogP contribution in [0.5, 0.6) is 0 Å². The van der Waals surface area contributed by atoms with Crippen molar-refractivity contribution in [2.24, 2.45) is 0 Å². The van der Waals surface area contributed by atoms with Crippen LogP contribution in [-0.4, -0.2) is 10.9 Å². The number of aliphatic hydroxyl groups is 1. The third-order valence-corrected chi connectivity index (χ3v) is 4.98. The molecule has 1 rings (SSSR count). The summed E-state index contributed by atoms with van der Waals surface area (Å²) in [5.74, 6) is -0.0493. The van der Waals surface area contributed by atoms with Gasteiger partial charge in [0.15, 0.2) is 11.5 Å². The summed E-state index contributed by atoms with van der Waals surface area (Å²) in [5.41, 5.74) is 0. The summed E-state index contributed by atoms with van der Waals surface area (Å²) in [6.07, 6.45) is 23.8. The highest BCUT2D eigenvalue weighted by Crippen LogP contribution is 2.15. The molecule has 0 fully saturated rings. The first-order valence-electron chi connectivity index (χ1n) is 10.2. The smallest absolute Gasteiger partial charge is 0.196 e. The van der Waals surface area contributed by atoms with Gasteiger partial charge in [-0.3, -0.25) is 4.79 Å². The normalized spacial score (nSPS) is 25.0. The Morgan fingerprint density at radius 1 is 0.565 bits per heavy atom. The van der Waals surface area contributed by atoms with Crippen LogP contribution >= 0.6 is 0 Å². The van der Waals surface area contributed by atoms with Gasteiger partial charge in [-0.25, -0.2) is 0 Å². The van der Waals surface area contributed by atoms with Crippen LogP contribution in [0.15, 0.2) is 11.8 Å². The van der Waals surface area contributed by atoms with E-state index in [-0.39, 0.29) is 11.5 Å². The van der Waals surface area contributed by atoms with Crippen LogP contribution in [0, 0.1) is 0 Å². The van der Waals surface area contributed by atoms with Gasteiger partial charge in [-0.2, -0.15) is 0 Å². The van der Waals surface area contributed by atoms with Gasteiger partial charge >= 0.3 is 0 Å². The van der Waals surface area contributed by atoms with Crippen LogP contribution in [0.3, 0.4) is 0 Å². The van der Waals surface area contributed by atoms with Crippen LogP contribution in [0.2, 0.25) is 0 Å². The fourth-order valence-electron chi connectivity index (χ4n) is 3.39. The van der Waals surface area contributed by atoms with Crippen molar-refractivity contribution in [2.45, 2.75) is 116 Å². The van der Waals surface area contributed by atoms with Gasteiger partial charge in [0.25, 0.3) is 0 Å². The molecule has 23 heavy (non-hydrogen) atoms. The van der Waals surface area contributed by atoms with E-state index >= 15 is 0 Å². The van der Waals surface area contributed by atoms with Gasteiger partial charge in [0.1, 0.15) is 0 Å². The van der Waals surface area contributed by atoms with E-state index < -0.39 is 0 Å². The van der Waals surface area contributed by atoms with Gasteiger partial charge in [0, 0.05) is 6.42 Å². The van der Waals surface area contributed by atoms with Gasteiger partial charge < -0.3 is 5.11 Å². The maximum atomic E-state index is 11.8. The number of carbonyl (C=O) groups excluding carboxylic acids is 1. The number of hydrogen-bond donors (Lipinski definition) is 1. The minimum absolute atomic E-state index is 0.0101. The summed E-state index contributed by atoms with van der Waals surface area (Å²) in [4.78, 5) is 11.8. The first-order valence-corrected chi connectivity index (χ1v) is 10.2. The van der Waals surface area contributed by atoms with Crippen LogP contribution < -0.4 is 0 Å². The molecule has 0 radical (unpaired) electrons. The molecule has 0 aliphatic heterocycles. The number of aliphatic hydroxyl groups excluding tert-OH is 1. The number of ketones is 1. The number of allylic oxidation sites excluding steroid dienone is 2. The molecule has 0 spiro atoms. The summed E-state index contributed by atoms with van der Waals surface area (Å²) in [7, 11) is 0. The topological polar surface area (TPSA) is 37.3 Å². The molecule has 0 amide bonds. The van der Waals surface area contributed by atoms with Crippen molar-refractivity contribution in [3.63, 3.8) is 0 Å². The Bertz CT molecular complexity index is 320. The molecule has 0 saturated heterocycles. The zero-order chi connectivity index (χ0) is 16.6. The van der Waals surface area contributed by atoms with Gasteiger partial charge in [0.2, 0.25) is 0 Å². The van der Waals surface area contributed by atoms with E-state index in [1.54, 1.807) is 6.08 Å². The maximum Gasteiger partial charge on any atom is 0.196 e. The van der Waals surface area contributed by atoms with Gasteiger partial charge in [-0.15, -0.1) is 0 Å². The zero-order valence-electron chi connectivity index (χ0n) is 15.2. The van der Waals surface area contributed by atoms with Crippen molar-refractivity contribution >= 4 is 5.78 Å². The standard InChI is InChI=1S/C21H38O2/c22-20-18-16-14-12-10-8-6-4-2-1-3-5-7-9-11-13-15-17-19-21(20)23/h18,22H,1-17,19H2/b20-18-. The molecule has 0 heterocycles. The Kier molecular flexibility index (Phi) is 13.0. The number of carbonyl (C=O) groups is 1. The van der Waals surface area contributed by atoms with Crippen LogP contribution in [-0.2, 0) is 4.79 Å². The second-order valence-corrected chi connectivity index (χ2v) is 7.21. The summed E-state index contributed by atoms with van der Waals surface area (Å²) in [5, 5.41) is 9.78. The van der Waals surface area contributed by atoms with E-state index in [4.69, 9.17) is 0 Å². The molecule has 0 atom stereocenters. The molecule has 0 bridgehead atoms.